The van der Waals surface area contributed by atoms with Crippen molar-refractivity contribution in [2.45, 2.75) is 168 Å². The molecule has 30 nitrogen and oxygen atoms in total. The fourth-order valence-electron chi connectivity index (χ4n) is 10.7. The zero-order valence-electron chi connectivity index (χ0n) is 57.2. The van der Waals surface area contributed by atoms with Gasteiger partial charge in [-0.25, -0.2) is 4.79 Å². The quantitative estimate of drug-likeness (QED) is 0.0246. The minimum Gasteiger partial charge on any atom is -0.444 e. The van der Waals surface area contributed by atoms with Crippen molar-refractivity contribution >= 4 is 88.0 Å². The summed E-state index contributed by atoms with van der Waals surface area (Å²) in [5.41, 5.74) is 27.2. The molecule has 0 saturated carbocycles. The van der Waals surface area contributed by atoms with Crippen molar-refractivity contribution < 1.29 is 33.5 Å². The smallest absolute Gasteiger partial charge is 0.407 e. The van der Waals surface area contributed by atoms with Gasteiger partial charge in [0.25, 0.3) is 17.7 Å². The molecule has 3 saturated heterocycles. The fraction of sp³-hybridized carbons (Fsp3) is 0.507. The third-order valence-electron chi connectivity index (χ3n) is 16.0. The van der Waals surface area contributed by atoms with Crippen molar-refractivity contribution in [3.63, 3.8) is 0 Å². The Kier molecular flexibility index (Phi) is 27.8. The molecule has 0 bridgehead atoms. The Balaban J connectivity index is 0.000000209. The first-order valence-electron chi connectivity index (χ1n) is 33.3. The number of nitrogens with zero attached hydrogens (tertiary/aromatic N) is 11. The van der Waals surface area contributed by atoms with Crippen molar-refractivity contribution in [1.82, 2.24) is 66.0 Å². The van der Waals surface area contributed by atoms with Gasteiger partial charge < -0.3 is 80.0 Å². The van der Waals surface area contributed by atoms with Crippen molar-refractivity contribution in [1.29, 1.82) is 0 Å². The number of rotatable bonds is 25. The number of ether oxygens (including phenoxy) is 1. The Morgan fingerprint density at radius 2 is 0.887 bits per heavy atom. The predicted octanol–water partition coefficient (Wildman–Crippen LogP) is 7.53. The lowest BCUT2D eigenvalue weighted by Crippen LogP contribution is -2.45. The summed E-state index contributed by atoms with van der Waals surface area (Å²) in [6.45, 7) is 23.3. The monoisotopic (exact) mass is 1340 g/mol. The first-order chi connectivity index (χ1) is 46.3. The second-order valence-corrected chi connectivity index (χ2v) is 26.1. The van der Waals surface area contributed by atoms with Gasteiger partial charge in [-0.3, -0.25) is 24.0 Å². The molecular weight excluding hydrogens is 1240 g/mol. The Labute approximate surface area is 567 Å². The van der Waals surface area contributed by atoms with E-state index < -0.39 is 29.4 Å². The van der Waals surface area contributed by atoms with Gasteiger partial charge in [0.2, 0.25) is 29.7 Å². The highest BCUT2D eigenvalue weighted by molar-refractivity contribution is 5.97. The summed E-state index contributed by atoms with van der Waals surface area (Å²) < 4.78 is 5.21. The Morgan fingerprint density at radius 1 is 0.526 bits per heavy atom. The van der Waals surface area contributed by atoms with Gasteiger partial charge in [0, 0.05) is 87.3 Å². The molecule has 0 unspecified atom stereocenters. The lowest BCUT2D eigenvalue weighted by Gasteiger charge is -2.33. The fourth-order valence-corrected chi connectivity index (χ4v) is 10.7. The topological polar surface area (TPSA) is 434 Å². The van der Waals surface area contributed by atoms with Gasteiger partial charge >= 0.3 is 6.09 Å². The van der Waals surface area contributed by atoms with E-state index in [4.69, 9.17) is 27.7 Å². The number of carbonyl (C=O) groups excluding carboxylic acids is 6. The number of nitrogens with one attached hydrogen (secondary N) is 8. The molecule has 522 valence electrons. The lowest BCUT2D eigenvalue weighted by atomic mass is 10.0. The molecule has 0 aliphatic carbocycles. The maximum Gasteiger partial charge on any atom is 0.407 e. The zero-order chi connectivity index (χ0) is 70.2. The van der Waals surface area contributed by atoms with Gasteiger partial charge in [0.15, 0.2) is 34.5 Å². The van der Waals surface area contributed by atoms with E-state index in [1.807, 2.05) is 77.7 Å². The summed E-state index contributed by atoms with van der Waals surface area (Å²) >= 11 is 0. The molecule has 9 rings (SSSR count). The Morgan fingerprint density at radius 3 is 1.22 bits per heavy atom. The highest BCUT2D eigenvalue weighted by atomic mass is 16.6. The van der Waals surface area contributed by atoms with Gasteiger partial charge in [0.1, 0.15) is 5.60 Å². The maximum absolute atomic E-state index is 12.8. The average molecular weight is 1340 g/mol. The van der Waals surface area contributed by atoms with E-state index in [1.165, 1.54) is 16.7 Å². The summed E-state index contributed by atoms with van der Waals surface area (Å²) in [4.78, 5) is 89.2. The third kappa shape index (κ3) is 24.0. The van der Waals surface area contributed by atoms with Crippen LogP contribution in [-0.2, 0) is 14.3 Å². The highest BCUT2D eigenvalue weighted by Gasteiger charge is 2.28. The zero-order valence-corrected chi connectivity index (χ0v) is 57.2. The second-order valence-electron chi connectivity index (χ2n) is 26.1. The third-order valence-corrected chi connectivity index (χ3v) is 16.0. The van der Waals surface area contributed by atoms with Crippen LogP contribution in [0.25, 0.3) is 0 Å². The summed E-state index contributed by atoms with van der Waals surface area (Å²) in [5, 5.41) is 49.1. The van der Waals surface area contributed by atoms with Crippen LogP contribution in [-0.4, -0.2) is 167 Å². The predicted molar refractivity (Wildman–Crippen MR) is 374 cm³/mol. The van der Waals surface area contributed by atoms with Crippen LogP contribution in [0.2, 0.25) is 0 Å². The molecule has 3 fully saturated rings. The number of piperidine rings is 3. The normalized spacial score (nSPS) is 16.2. The number of primary amides is 3. The first kappa shape index (κ1) is 74.4. The molecule has 0 radical (unpaired) electrons. The number of benzene rings is 3. The molecule has 16 N–H and O–H groups in total. The summed E-state index contributed by atoms with van der Waals surface area (Å²) in [5.74, 6) is 0.902. The van der Waals surface area contributed by atoms with Crippen LogP contribution in [0.15, 0.2) is 72.8 Å². The van der Waals surface area contributed by atoms with Crippen molar-refractivity contribution in [2.75, 3.05) is 84.3 Å². The Hall–Kier alpha value is -9.97. The number of hydrogen-bond donors (Lipinski definition) is 12. The molecule has 3 aliphatic rings. The summed E-state index contributed by atoms with van der Waals surface area (Å²) in [6.07, 6.45) is 7.01. The average Bonchev–Trinajstić information content (AvgIpc) is 0.899. The van der Waals surface area contributed by atoms with E-state index in [-0.39, 0.29) is 70.6 Å². The van der Waals surface area contributed by atoms with Crippen LogP contribution >= 0.6 is 0 Å². The molecular formula is C67H97N23O7. The number of likely N-dealkylation sites (tertiary alicyclic amines) is 2. The molecule has 3 atom stereocenters. The Bertz CT molecular complexity index is 3570. The first-order valence-corrected chi connectivity index (χ1v) is 33.3. The van der Waals surface area contributed by atoms with E-state index in [1.54, 1.807) is 25.7 Å². The standard InChI is InChI=1S/C27H40N8O4.C22H32N8O2.C18H25N7O/c1-17(2)18-10-12-19(13-11-18)30-24-22(23(28)37)33-34-25(32-24)31-20-8-7-15-35(16-20)21(36)9-6-14-29-26(38)39-27(3,4)5;1-14(2)15-7-9-16(10-8-15)25-21-19(20(24)32)28-29-22(27-21)26-17-5-4-12-30(13-17)18(31)6-3-11-23;1-11(2)12-5-7-13(8-6-12)21-17-15(16(19)26)24-25-18(23-17)22-14-4-3-9-20-10-14/h10-13,17,20H,6-9,14-16H2,1-5H3,(H2,28,37)(H,29,38)(H2,30,31,32,34);7-10,14,17H,3-6,11-13,23H2,1-2H3,(H2,24,32)(H2,25,26,27,29);5-8,11,14,20H,3-4,9-10H2,1-2H3,(H2,19,26)(H2,21,22,23,25)/t20-;17-;14-/m000/s1. The van der Waals surface area contributed by atoms with E-state index in [0.717, 1.165) is 75.2 Å². The molecule has 6 amide bonds. The van der Waals surface area contributed by atoms with E-state index in [2.05, 4.69) is 130 Å². The number of carbonyl (C=O) groups is 6. The van der Waals surface area contributed by atoms with Crippen molar-refractivity contribution in [3.05, 3.63) is 107 Å². The number of anilines is 9. The number of aromatic nitrogens is 9. The molecule has 30 heteroatoms. The molecule has 3 aliphatic heterocycles. The molecule has 6 aromatic rings. The minimum absolute atomic E-state index is 0.00928. The largest absolute Gasteiger partial charge is 0.444 e. The molecule has 6 heterocycles. The van der Waals surface area contributed by atoms with E-state index >= 15 is 0 Å². The lowest BCUT2D eigenvalue weighted by molar-refractivity contribution is -0.133. The number of hydrogen-bond acceptors (Lipinski definition) is 24. The van der Waals surface area contributed by atoms with Gasteiger partial charge in [0.05, 0.1) is 0 Å². The van der Waals surface area contributed by atoms with Crippen LogP contribution in [0.5, 0.6) is 0 Å². The van der Waals surface area contributed by atoms with Crippen molar-refractivity contribution in [2.24, 2.45) is 22.9 Å². The van der Waals surface area contributed by atoms with Gasteiger partial charge in [-0.2, -0.15) is 15.0 Å². The van der Waals surface area contributed by atoms with E-state index in [9.17, 15) is 28.8 Å². The molecule has 3 aromatic carbocycles. The van der Waals surface area contributed by atoms with Crippen LogP contribution in [0, 0.1) is 0 Å². The van der Waals surface area contributed by atoms with E-state index in [0.29, 0.717) is 87.9 Å². The maximum atomic E-state index is 12.8. The summed E-state index contributed by atoms with van der Waals surface area (Å²) in [6, 6.07) is 23.8. The minimum atomic E-state index is -0.738. The summed E-state index contributed by atoms with van der Waals surface area (Å²) in [7, 11) is 0. The second kappa shape index (κ2) is 36.2. The SMILES string of the molecule is CC(C)c1ccc(Nc2nc(N[C@H]3CCCN(C(=O)CCCN)C3)nnc2C(N)=O)cc1.CC(C)c1ccc(Nc2nc(N[C@H]3CCCN(C(=O)CCCNC(=O)OC(C)(C)C)C3)nnc2C(N)=O)cc1.CC(C)c1ccc(Nc2nc(N[C@H]3CCCNC3)nnc2C(N)=O)cc1. The number of alkyl carbamates (subject to hydrolysis) is 1. The van der Waals surface area contributed by atoms with Crippen LogP contribution in [0.4, 0.5) is 57.2 Å². The molecule has 3 aromatic heterocycles. The van der Waals surface area contributed by atoms with Gasteiger partial charge in [-0.05, 0) is 156 Å². The highest BCUT2D eigenvalue weighted by Crippen LogP contribution is 2.27. The number of nitrogens with two attached hydrogens (primary N) is 4. The van der Waals surface area contributed by atoms with Crippen molar-refractivity contribution in [3.8, 4) is 0 Å². The van der Waals surface area contributed by atoms with Crippen LogP contribution in [0.3, 0.4) is 0 Å². The van der Waals surface area contributed by atoms with Crippen LogP contribution < -0.4 is 65.5 Å². The molecule has 0 spiro atoms. The van der Waals surface area contributed by atoms with Gasteiger partial charge in [-0.1, -0.05) is 77.9 Å². The number of amides is 6. The molecule has 97 heavy (non-hydrogen) atoms. The van der Waals surface area contributed by atoms with Crippen LogP contribution in [0.1, 0.15) is 192 Å². The van der Waals surface area contributed by atoms with Gasteiger partial charge in [-0.15, -0.1) is 30.6 Å².